The number of alkyl halides is 2. The van der Waals surface area contributed by atoms with Crippen LogP contribution in [0.1, 0.15) is 19.4 Å². The van der Waals surface area contributed by atoms with E-state index in [1.807, 2.05) is 31.2 Å². The first kappa shape index (κ1) is 15.6. The summed E-state index contributed by atoms with van der Waals surface area (Å²) in [5.74, 6) is 0. The number of furan rings is 1. The van der Waals surface area contributed by atoms with Crippen LogP contribution in [0.3, 0.4) is 0 Å². The number of fused-ring (bicyclic) bond motifs is 1. The summed E-state index contributed by atoms with van der Waals surface area (Å²) >= 11 is 12.9. The second kappa shape index (κ2) is 5.57. The molecular formula is C15H19Cl2NO2. The molecular weight excluding hydrogens is 297 g/mol. The molecule has 0 fully saturated rings. The molecule has 0 saturated carbocycles. The molecule has 110 valence electrons. The van der Waals surface area contributed by atoms with Gasteiger partial charge in [-0.15, -0.1) is 23.2 Å². The molecule has 0 spiro atoms. The van der Waals surface area contributed by atoms with Gasteiger partial charge in [0.2, 0.25) is 0 Å². The SMILES string of the molecule is CNC(CO)C(C)(c1ccc2occc2c1)C(C)(Cl)Cl. The lowest BCUT2D eigenvalue weighted by atomic mass is 9.73. The number of aliphatic hydroxyl groups is 1. The predicted molar refractivity (Wildman–Crippen MR) is 83.6 cm³/mol. The van der Waals surface area contributed by atoms with Crippen molar-refractivity contribution in [1.29, 1.82) is 0 Å². The van der Waals surface area contributed by atoms with Crippen LogP contribution in [0.15, 0.2) is 34.9 Å². The Hall–Kier alpha value is -0.740. The molecule has 0 bridgehead atoms. The molecule has 1 heterocycles. The van der Waals surface area contributed by atoms with E-state index >= 15 is 0 Å². The Bertz CT molecular complexity index is 587. The second-order valence-electron chi connectivity index (χ2n) is 5.29. The molecule has 3 nitrogen and oxygen atoms in total. The molecule has 0 aliphatic rings. The highest BCUT2D eigenvalue weighted by atomic mass is 35.5. The van der Waals surface area contributed by atoms with E-state index in [1.165, 1.54) is 0 Å². The Morgan fingerprint density at radius 2 is 2.00 bits per heavy atom. The lowest BCUT2D eigenvalue weighted by molar-refractivity contribution is 0.180. The molecule has 2 aromatic rings. The lowest BCUT2D eigenvalue weighted by Crippen LogP contribution is -2.55. The van der Waals surface area contributed by atoms with Crippen LogP contribution in [0.4, 0.5) is 0 Å². The Balaban J connectivity index is 2.61. The van der Waals surface area contributed by atoms with E-state index in [4.69, 9.17) is 27.6 Å². The molecule has 0 radical (unpaired) electrons. The Labute approximate surface area is 128 Å². The first-order valence-corrected chi connectivity index (χ1v) is 7.24. The summed E-state index contributed by atoms with van der Waals surface area (Å²) in [5.41, 5.74) is 1.10. The van der Waals surface area contributed by atoms with Gasteiger partial charge in [-0.2, -0.15) is 0 Å². The van der Waals surface area contributed by atoms with Crippen molar-refractivity contribution in [2.75, 3.05) is 13.7 Å². The largest absolute Gasteiger partial charge is 0.464 e. The number of hydrogen-bond donors (Lipinski definition) is 2. The minimum atomic E-state index is -1.05. The molecule has 20 heavy (non-hydrogen) atoms. The summed E-state index contributed by atoms with van der Waals surface area (Å²) in [4.78, 5) is 0. The molecule has 1 aromatic carbocycles. The molecule has 0 aliphatic carbocycles. The lowest BCUT2D eigenvalue weighted by Gasteiger charge is -2.44. The molecule has 2 unspecified atom stereocenters. The van der Waals surface area contributed by atoms with E-state index in [0.717, 1.165) is 16.5 Å². The van der Waals surface area contributed by atoms with Gasteiger partial charge in [0.1, 0.15) is 9.92 Å². The van der Waals surface area contributed by atoms with Crippen LogP contribution in [0.25, 0.3) is 11.0 Å². The van der Waals surface area contributed by atoms with Crippen molar-refractivity contribution in [3.8, 4) is 0 Å². The molecule has 0 amide bonds. The monoisotopic (exact) mass is 315 g/mol. The van der Waals surface area contributed by atoms with Crippen LogP contribution in [0.5, 0.6) is 0 Å². The topological polar surface area (TPSA) is 45.4 Å². The quantitative estimate of drug-likeness (QED) is 0.830. The Morgan fingerprint density at radius 1 is 1.30 bits per heavy atom. The standard InChI is InChI=1S/C15H19Cl2NO2/c1-14(15(2,16)17,13(9-19)18-3)11-4-5-12-10(8-11)6-7-20-12/h4-8,13,18-19H,9H2,1-3H3. The summed E-state index contributed by atoms with van der Waals surface area (Å²) in [6.07, 6.45) is 1.65. The maximum absolute atomic E-state index is 9.66. The molecule has 1 aromatic heterocycles. The van der Waals surface area contributed by atoms with Crippen LogP contribution in [0, 0.1) is 0 Å². The van der Waals surface area contributed by atoms with Gasteiger partial charge in [0.15, 0.2) is 0 Å². The van der Waals surface area contributed by atoms with E-state index in [9.17, 15) is 5.11 Å². The van der Waals surface area contributed by atoms with Gasteiger partial charge in [-0.1, -0.05) is 13.0 Å². The fourth-order valence-electron chi connectivity index (χ4n) is 2.61. The summed E-state index contributed by atoms with van der Waals surface area (Å²) in [7, 11) is 1.79. The van der Waals surface area contributed by atoms with Crippen molar-refractivity contribution in [2.24, 2.45) is 0 Å². The molecule has 0 saturated heterocycles. The van der Waals surface area contributed by atoms with Crippen molar-refractivity contribution in [3.05, 3.63) is 36.1 Å². The van der Waals surface area contributed by atoms with E-state index in [2.05, 4.69) is 5.32 Å². The van der Waals surface area contributed by atoms with Crippen molar-refractivity contribution in [3.63, 3.8) is 0 Å². The third-order valence-corrected chi connectivity index (χ3v) is 4.98. The summed E-state index contributed by atoms with van der Waals surface area (Å²) < 4.78 is 4.30. The first-order chi connectivity index (χ1) is 9.34. The van der Waals surface area contributed by atoms with Crippen molar-refractivity contribution in [2.45, 2.75) is 29.6 Å². The van der Waals surface area contributed by atoms with E-state index in [-0.39, 0.29) is 12.6 Å². The second-order valence-corrected chi connectivity index (χ2v) is 6.99. The van der Waals surface area contributed by atoms with Crippen molar-refractivity contribution < 1.29 is 9.52 Å². The van der Waals surface area contributed by atoms with E-state index in [0.29, 0.717) is 0 Å². The summed E-state index contributed by atoms with van der Waals surface area (Å²) in [5, 5.41) is 13.7. The van der Waals surface area contributed by atoms with E-state index in [1.54, 1.807) is 20.2 Å². The summed E-state index contributed by atoms with van der Waals surface area (Å²) in [6, 6.07) is 7.46. The average molecular weight is 316 g/mol. The van der Waals surface area contributed by atoms with Crippen LogP contribution in [-0.2, 0) is 5.41 Å². The van der Waals surface area contributed by atoms with Gasteiger partial charge >= 0.3 is 0 Å². The van der Waals surface area contributed by atoms with Gasteiger partial charge in [-0.25, -0.2) is 0 Å². The minimum absolute atomic E-state index is 0.0640. The average Bonchev–Trinajstić information content (AvgIpc) is 2.85. The zero-order valence-electron chi connectivity index (χ0n) is 11.8. The highest BCUT2D eigenvalue weighted by molar-refractivity contribution is 6.49. The van der Waals surface area contributed by atoms with Crippen molar-refractivity contribution in [1.82, 2.24) is 5.32 Å². The third-order valence-electron chi connectivity index (χ3n) is 4.19. The number of rotatable bonds is 5. The number of nitrogens with one attached hydrogen (secondary N) is 1. The van der Waals surface area contributed by atoms with Gasteiger partial charge in [0, 0.05) is 16.8 Å². The zero-order valence-corrected chi connectivity index (χ0v) is 13.3. The normalized spacial score (nSPS) is 17.1. The van der Waals surface area contributed by atoms with Crippen molar-refractivity contribution >= 4 is 34.2 Å². The molecule has 2 N–H and O–H groups in total. The van der Waals surface area contributed by atoms with Crippen LogP contribution >= 0.6 is 23.2 Å². The number of benzene rings is 1. The van der Waals surface area contributed by atoms with Gasteiger partial charge in [-0.3, -0.25) is 0 Å². The maximum Gasteiger partial charge on any atom is 0.133 e. The van der Waals surface area contributed by atoms with E-state index < -0.39 is 9.75 Å². The third kappa shape index (κ3) is 2.44. The Morgan fingerprint density at radius 3 is 2.55 bits per heavy atom. The number of likely N-dealkylation sites (N-methyl/N-ethyl adjacent to an activating group) is 1. The zero-order chi connectivity index (χ0) is 15.0. The van der Waals surface area contributed by atoms with Crippen LogP contribution in [-0.4, -0.2) is 29.1 Å². The number of aliphatic hydroxyl groups excluding tert-OH is 1. The fourth-order valence-corrected chi connectivity index (χ4v) is 3.09. The first-order valence-electron chi connectivity index (χ1n) is 6.48. The highest BCUT2D eigenvalue weighted by Crippen LogP contribution is 2.46. The summed E-state index contributed by atoms with van der Waals surface area (Å²) in [6.45, 7) is 3.63. The fraction of sp³-hybridized carbons (Fsp3) is 0.467. The Kier molecular flexibility index (Phi) is 4.35. The maximum atomic E-state index is 9.66. The van der Waals surface area contributed by atoms with Gasteiger partial charge < -0.3 is 14.8 Å². The van der Waals surface area contributed by atoms with Gasteiger partial charge in [-0.05, 0) is 37.7 Å². The van der Waals surface area contributed by atoms with Crippen LogP contribution < -0.4 is 5.32 Å². The molecule has 0 aliphatic heterocycles. The smallest absolute Gasteiger partial charge is 0.133 e. The van der Waals surface area contributed by atoms with Gasteiger partial charge in [0.05, 0.1) is 12.9 Å². The molecule has 5 heteroatoms. The number of halogens is 2. The minimum Gasteiger partial charge on any atom is -0.464 e. The van der Waals surface area contributed by atoms with Crippen LogP contribution in [0.2, 0.25) is 0 Å². The molecule has 2 rings (SSSR count). The highest BCUT2D eigenvalue weighted by Gasteiger charge is 2.48. The van der Waals surface area contributed by atoms with Gasteiger partial charge in [0.25, 0.3) is 0 Å². The number of hydrogen-bond acceptors (Lipinski definition) is 3. The molecule has 2 atom stereocenters. The predicted octanol–water partition coefficient (Wildman–Crippen LogP) is 3.46.